The Bertz CT molecular complexity index is 655. The van der Waals surface area contributed by atoms with Crippen molar-refractivity contribution in [3.05, 3.63) is 34.9 Å². The van der Waals surface area contributed by atoms with Crippen molar-refractivity contribution in [2.75, 3.05) is 6.61 Å². The molecule has 0 aliphatic rings. The second kappa shape index (κ2) is 11.7. The lowest BCUT2D eigenvalue weighted by Gasteiger charge is -2.13. The zero-order valence-corrected chi connectivity index (χ0v) is 17.1. The maximum Gasteiger partial charge on any atom is 0.523 e. The lowest BCUT2D eigenvalue weighted by Crippen LogP contribution is -2.26. The fourth-order valence-electron chi connectivity index (χ4n) is 2.95. The van der Waals surface area contributed by atoms with E-state index in [1.54, 1.807) is 0 Å². The van der Waals surface area contributed by atoms with Crippen molar-refractivity contribution in [3.63, 3.8) is 0 Å². The molecule has 0 aromatic heterocycles. The van der Waals surface area contributed by atoms with Crippen molar-refractivity contribution in [2.24, 2.45) is 0 Å². The molecule has 0 saturated carbocycles. The Morgan fingerprint density at radius 3 is 2.04 bits per heavy atom. The molecule has 0 N–H and O–H groups in total. The number of rotatable bonds is 13. The summed E-state index contributed by atoms with van der Waals surface area (Å²) < 4.78 is 62.8. The van der Waals surface area contributed by atoms with Gasteiger partial charge in [0.25, 0.3) is 0 Å². The molecule has 0 amide bonds. The lowest BCUT2D eigenvalue weighted by molar-refractivity contribution is -0.0542. The smallest absolute Gasteiger partial charge is 0.263 e. The second-order valence-corrected chi connectivity index (χ2v) is 8.45. The van der Waals surface area contributed by atoms with E-state index in [1.165, 1.54) is 24.0 Å². The van der Waals surface area contributed by atoms with E-state index in [-0.39, 0.29) is 6.42 Å². The Morgan fingerprint density at radius 2 is 1.44 bits per heavy atom. The molecule has 1 aromatic carbocycles. The minimum Gasteiger partial charge on any atom is -0.263 e. The van der Waals surface area contributed by atoms with Gasteiger partial charge >= 0.3 is 15.6 Å². The van der Waals surface area contributed by atoms with Gasteiger partial charge in [0.05, 0.1) is 6.61 Å². The van der Waals surface area contributed by atoms with Crippen molar-refractivity contribution >= 4 is 10.1 Å². The van der Waals surface area contributed by atoms with Crippen molar-refractivity contribution in [2.45, 2.75) is 83.6 Å². The van der Waals surface area contributed by atoms with Crippen LogP contribution in [0, 0.1) is 0 Å². The molecule has 156 valence electrons. The minimum absolute atomic E-state index is 0.227. The molecule has 0 bridgehead atoms. The van der Waals surface area contributed by atoms with E-state index in [0.717, 1.165) is 44.1 Å². The molecule has 0 aliphatic carbocycles. The molecular weight excluding hydrogens is 377 g/mol. The van der Waals surface area contributed by atoms with Gasteiger partial charge in [-0.05, 0) is 55.2 Å². The number of hydrogen-bond donors (Lipinski definition) is 0. The van der Waals surface area contributed by atoms with Crippen molar-refractivity contribution in [1.29, 1.82) is 0 Å². The van der Waals surface area contributed by atoms with E-state index in [4.69, 9.17) is 0 Å². The van der Waals surface area contributed by atoms with Gasteiger partial charge in [-0.1, -0.05) is 57.7 Å². The van der Waals surface area contributed by atoms with Crippen molar-refractivity contribution in [1.82, 2.24) is 0 Å². The highest BCUT2D eigenvalue weighted by Crippen LogP contribution is 2.25. The summed E-state index contributed by atoms with van der Waals surface area (Å²) in [6, 6.07) is 6.30. The van der Waals surface area contributed by atoms with Crippen LogP contribution in [-0.2, 0) is 33.6 Å². The predicted octanol–water partition coefficient (Wildman–Crippen LogP) is 5.95. The highest BCUT2D eigenvalue weighted by molar-refractivity contribution is 7.87. The second-order valence-electron chi connectivity index (χ2n) is 6.84. The average molecular weight is 409 g/mol. The molecule has 0 radical (unpaired) electrons. The molecule has 0 fully saturated rings. The summed E-state index contributed by atoms with van der Waals surface area (Å²) in [5.41, 5.74) is -1.79. The molecule has 0 atom stereocenters. The summed E-state index contributed by atoms with van der Waals surface area (Å²) in [5, 5.41) is 0. The SMILES string of the molecule is CCCCCc1ccc(CCCOS(=O)(=O)C(F)(F)F)c(CCCCC)c1. The molecule has 0 heterocycles. The van der Waals surface area contributed by atoms with Crippen LogP contribution in [0.25, 0.3) is 0 Å². The van der Waals surface area contributed by atoms with Crippen LogP contribution in [-0.4, -0.2) is 20.5 Å². The van der Waals surface area contributed by atoms with Crippen molar-refractivity contribution in [3.8, 4) is 0 Å². The number of halogens is 3. The first-order valence-electron chi connectivity index (χ1n) is 9.77. The maximum atomic E-state index is 12.3. The molecule has 0 unspecified atom stereocenters. The van der Waals surface area contributed by atoms with Crippen LogP contribution in [0.4, 0.5) is 13.2 Å². The summed E-state index contributed by atoms with van der Waals surface area (Å²) in [4.78, 5) is 0. The third kappa shape index (κ3) is 8.64. The Kier molecular flexibility index (Phi) is 10.4. The van der Waals surface area contributed by atoms with Crippen LogP contribution in [0.2, 0.25) is 0 Å². The van der Waals surface area contributed by atoms with Gasteiger partial charge in [-0.15, -0.1) is 0 Å². The fourth-order valence-corrected chi connectivity index (χ4v) is 3.42. The highest BCUT2D eigenvalue weighted by atomic mass is 32.2. The van der Waals surface area contributed by atoms with Gasteiger partial charge < -0.3 is 0 Å². The summed E-state index contributed by atoms with van der Waals surface area (Å²) in [6.07, 6.45) is 9.53. The van der Waals surface area contributed by atoms with Crippen LogP contribution >= 0.6 is 0 Å². The number of benzene rings is 1. The van der Waals surface area contributed by atoms with E-state index in [9.17, 15) is 21.6 Å². The Balaban J connectivity index is 2.68. The van der Waals surface area contributed by atoms with Crippen LogP contribution < -0.4 is 0 Å². The Morgan fingerprint density at radius 1 is 0.852 bits per heavy atom. The lowest BCUT2D eigenvalue weighted by atomic mass is 9.94. The van der Waals surface area contributed by atoms with Gasteiger partial charge in [0.1, 0.15) is 0 Å². The minimum atomic E-state index is -5.50. The molecule has 0 spiro atoms. The van der Waals surface area contributed by atoms with Crippen molar-refractivity contribution < 1.29 is 25.8 Å². The summed E-state index contributed by atoms with van der Waals surface area (Å²) in [6.45, 7) is 3.84. The first kappa shape index (κ1) is 24.0. The topological polar surface area (TPSA) is 43.4 Å². The summed E-state index contributed by atoms with van der Waals surface area (Å²) >= 11 is 0. The molecular formula is C20H31F3O3S. The maximum absolute atomic E-state index is 12.3. The monoisotopic (exact) mass is 408 g/mol. The number of alkyl halides is 3. The average Bonchev–Trinajstić information content (AvgIpc) is 2.59. The summed E-state index contributed by atoms with van der Waals surface area (Å²) in [5.74, 6) is 0. The van der Waals surface area contributed by atoms with Crippen LogP contribution in [0.15, 0.2) is 18.2 Å². The van der Waals surface area contributed by atoms with E-state index >= 15 is 0 Å². The molecule has 0 saturated heterocycles. The first-order valence-corrected chi connectivity index (χ1v) is 11.2. The molecule has 3 nitrogen and oxygen atoms in total. The van der Waals surface area contributed by atoms with E-state index < -0.39 is 22.2 Å². The Hall–Kier alpha value is -1.08. The molecule has 1 rings (SSSR count). The number of unbranched alkanes of at least 4 members (excludes halogenated alkanes) is 4. The largest absolute Gasteiger partial charge is 0.523 e. The van der Waals surface area contributed by atoms with Gasteiger partial charge in [-0.25, -0.2) is 0 Å². The molecule has 1 aromatic rings. The van der Waals surface area contributed by atoms with Gasteiger partial charge in [0, 0.05) is 0 Å². The van der Waals surface area contributed by atoms with Gasteiger partial charge in [-0.2, -0.15) is 21.6 Å². The van der Waals surface area contributed by atoms with E-state index in [0.29, 0.717) is 6.42 Å². The third-order valence-electron chi connectivity index (χ3n) is 4.50. The van der Waals surface area contributed by atoms with E-state index in [1.807, 2.05) is 6.07 Å². The van der Waals surface area contributed by atoms with Crippen LogP contribution in [0.1, 0.15) is 75.5 Å². The highest BCUT2D eigenvalue weighted by Gasteiger charge is 2.47. The molecule has 0 aliphatic heterocycles. The van der Waals surface area contributed by atoms with Crippen LogP contribution in [0.3, 0.4) is 0 Å². The van der Waals surface area contributed by atoms with Crippen LogP contribution in [0.5, 0.6) is 0 Å². The molecule has 27 heavy (non-hydrogen) atoms. The third-order valence-corrected chi connectivity index (χ3v) is 5.55. The van der Waals surface area contributed by atoms with Gasteiger partial charge in [0.2, 0.25) is 0 Å². The Labute approximate surface area is 161 Å². The van der Waals surface area contributed by atoms with E-state index in [2.05, 4.69) is 30.2 Å². The number of aryl methyl sites for hydroxylation is 3. The first-order chi connectivity index (χ1) is 12.7. The normalized spacial score (nSPS) is 12.5. The standard InChI is InChI=1S/C20H31F3O3S/c1-3-5-7-10-17-13-14-18(19(16-17)11-8-6-4-2)12-9-15-26-27(24,25)20(21,22)23/h13-14,16H,3-12,15H2,1-2H3. The summed E-state index contributed by atoms with van der Waals surface area (Å²) in [7, 11) is -5.50. The van der Waals surface area contributed by atoms with Gasteiger partial charge in [-0.3, -0.25) is 4.18 Å². The predicted molar refractivity (Wildman–Crippen MR) is 102 cm³/mol. The van der Waals surface area contributed by atoms with Gasteiger partial charge in [0.15, 0.2) is 0 Å². The molecule has 7 heteroatoms. The zero-order valence-electron chi connectivity index (χ0n) is 16.3. The quantitative estimate of drug-likeness (QED) is 0.230. The zero-order chi connectivity index (χ0) is 20.3. The fraction of sp³-hybridized carbons (Fsp3) is 0.700. The number of hydrogen-bond acceptors (Lipinski definition) is 3.